The lowest BCUT2D eigenvalue weighted by Gasteiger charge is -2.15. The Bertz CT molecular complexity index is 473. The quantitative estimate of drug-likeness (QED) is 0.760. The largest absolute Gasteiger partial charge is 0.313 e. The molecular weight excluding hydrogens is 240 g/mol. The number of halogens is 2. The van der Waals surface area contributed by atoms with E-state index in [2.05, 4.69) is 9.17 Å². The topological polar surface area (TPSA) is 56.3 Å². The molecule has 0 amide bonds. The first-order valence-electron chi connectivity index (χ1n) is 4.37. The highest BCUT2D eigenvalue weighted by molar-refractivity contribution is 7.85. The van der Waals surface area contributed by atoms with Gasteiger partial charge < -0.3 is 0 Å². The third-order valence-corrected chi connectivity index (χ3v) is 2.26. The minimum atomic E-state index is -3.88. The van der Waals surface area contributed by atoms with Crippen molar-refractivity contribution in [2.24, 2.45) is 0 Å². The van der Waals surface area contributed by atoms with E-state index >= 15 is 0 Å². The molecule has 0 saturated carbocycles. The molecule has 1 aromatic rings. The van der Waals surface area contributed by atoms with Crippen molar-refractivity contribution < 1.29 is 21.4 Å². The summed E-state index contributed by atoms with van der Waals surface area (Å²) < 4.78 is 52.1. The third kappa shape index (κ3) is 3.82. The van der Waals surface area contributed by atoms with Crippen molar-refractivity contribution in [1.82, 2.24) is 4.98 Å². The molecule has 0 atom stereocenters. The van der Waals surface area contributed by atoms with Crippen molar-refractivity contribution in [1.29, 1.82) is 0 Å². The van der Waals surface area contributed by atoms with Gasteiger partial charge in [0, 0.05) is 5.69 Å². The van der Waals surface area contributed by atoms with Gasteiger partial charge in [0.1, 0.15) is 12.3 Å². The van der Waals surface area contributed by atoms with E-state index in [4.69, 9.17) is 0 Å². The number of hydrogen-bond donors (Lipinski definition) is 0. The number of alkyl halides is 2. The highest BCUT2D eigenvalue weighted by Crippen LogP contribution is 2.27. The SMILES string of the molecule is Cc1cccc(C(F)(F)COS(C)(=O)=O)n1. The monoisotopic (exact) mass is 251 g/mol. The molecule has 0 aromatic carbocycles. The number of aromatic nitrogens is 1. The molecule has 1 rings (SSSR count). The van der Waals surface area contributed by atoms with Crippen LogP contribution in [0.5, 0.6) is 0 Å². The molecule has 0 bridgehead atoms. The summed E-state index contributed by atoms with van der Waals surface area (Å²) in [5.74, 6) is -3.42. The van der Waals surface area contributed by atoms with Crippen LogP contribution in [0.4, 0.5) is 8.78 Å². The minimum Gasteiger partial charge on any atom is -0.263 e. The summed E-state index contributed by atoms with van der Waals surface area (Å²) in [5.41, 5.74) is -0.0762. The Hall–Kier alpha value is -1.08. The molecule has 0 aliphatic carbocycles. The molecule has 0 fully saturated rings. The van der Waals surface area contributed by atoms with Crippen LogP contribution in [-0.2, 0) is 20.2 Å². The molecule has 0 spiro atoms. The summed E-state index contributed by atoms with van der Waals surface area (Å²) in [4.78, 5) is 3.62. The second-order valence-electron chi connectivity index (χ2n) is 3.33. The van der Waals surface area contributed by atoms with Gasteiger partial charge in [0.25, 0.3) is 10.1 Å². The van der Waals surface area contributed by atoms with Crippen molar-refractivity contribution in [3.05, 3.63) is 29.6 Å². The predicted molar refractivity (Wildman–Crippen MR) is 53.7 cm³/mol. The van der Waals surface area contributed by atoms with Crippen LogP contribution in [0.1, 0.15) is 11.4 Å². The Morgan fingerprint density at radius 2 is 2.06 bits per heavy atom. The Kier molecular flexibility index (Phi) is 3.59. The summed E-state index contributed by atoms with van der Waals surface area (Å²) in [6.45, 7) is 0.333. The van der Waals surface area contributed by atoms with E-state index in [1.807, 2.05) is 0 Å². The number of rotatable bonds is 4. The first-order valence-corrected chi connectivity index (χ1v) is 6.19. The van der Waals surface area contributed by atoms with E-state index in [-0.39, 0.29) is 0 Å². The average molecular weight is 251 g/mol. The lowest BCUT2D eigenvalue weighted by Crippen LogP contribution is -2.24. The molecule has 0 unspecified atom stereocenters. The molecule has 1 aromatic heterocycles. The van der Waals surface area contributed by atoms with Crippen LogP contribution < -0.4 is 0 Å². The van der Waals surface area contributed by atoms with Crippen LogP contribution in [-0.4, -0.2) is 26.3 Å². The van der Waals surface area contributed by atoms with E-state index in [0.717, 1.165) is 6.07 Å². The van der Waals surface area contributed by atoms with Crippen molar-refractivity contribution in [2.75, 3.05) is 12.9 Å². The maximum atomic E-state index is 13.4. The Balaban J connectivity index is 2.85. The molecule has 7 heteroatoms. The van der Waals surface area contributed by atoms with Crippen LogP contribution in [0.2, 0.25) is 0 Å². The molecule has 0 N–H and O–H groups in total. The summed E-state index contributed by atoms with van der Waals surface area (Å²) in [6, 6.07) is 4.11. The van der Waals surface area contributed by atoms with Gasteiger partial charge in [0.05, 0.1) is 6.26 Å². The normalized spacial score (nSPS) is 12.8. The molecule has 0 aliphatic heterocycles. The van der Waals surface area contributed by atoms with Crippen LogP contribution in [0.15, 0.2) is 18.2 Å². The second-order valence-corrected chi connectivity index (χ2v) is 4.98. The van der Waals surface area contributed by atoms with Crippen molar-refractivity contribution in [3.8, 4) is 0 Å². The zero-order chi connectivity index (χ0) is 12.4. The van der Waals surface area contributed by atoms with Gasteiger partial charge in [-0.05, 0) is 19.1 Å². The fourth-order valence-electron chi connectivity index (χ4n) is 1.00. The fourth-order valence-corrected chi connectivity index (χ4v) is 1.36. The minimum absolute atomic E-state index is 0.427. The van der Waals surface area contributed by atoms with Gasteiger partial charge in [0.2, 0.25) is 0 Å². The average Bonchev–Trinajstić information content (AvgIpc) is 2.14. The first kappa shape index (κ1) is 13.0. The van der Waals surface area contributed by atoms with Gasteiger partial charge >= 0.3 is 5.92 Å². The Morgan fingerprint density at radius 3 is 2.56 bits per heavy atom. The Labute approximate surface area is 92.4 Å². The van der Waals surface area contributed by atoms with Crippen LogP contribution in [0, 0.1) is 6.92 Å². The zero-order valence-electron chi connectivity index (χ0n) is 8.78. The third-order valence-electron chi connectivity index (χ3n) is 1.72. The van der Waals surface area contributed by atoms with Crippen LogP contribution in [0.3, 0.4) is 0 Å². The van der Waals surface area contributed by atoms with Crippen molar-refractivity contribution in [2.45, 2.75) is 12.8 Å². The molecule has 4 nitrogen and oxygen atoms in total. The summed E-state index contributed by atoms with van der Waals surface area (Å²) >= 11 is 0. The molecule has 1 heterocycles. The van der Waals surface area contributed by atoms with E-state index in [0.29, 0.717) is 11.9 Å². The predicted octanol–water partition coefficient (Wildman–Crippen LogP) is 1.46. The maximum absolute atomic E-state index is 13.4. The smallest absolute Gasteiger partial charge is 0.263 e. The number of nitrogens with zero attached hydrogens (tertiary/aromatic N) is 1. The molecule has 0 radical (unpaired) electrons. The van der Waals surface area contributed by atoms with Crippen molar-refractivity contribution in [3.63, 3.8) is 0 Å². The first-order chi connectivity index (χ1) is 7.21. The molecule has 0 aliphatic rings. The van der Waals surface area contributed by atoms with Gasteiger partial charge in [-0.2, -0.15) is 17.2 Å². The molecule has 16 heavy (non-hydrogen) atoms. The van der Waals surface area contributed by atoms with E-state index in [1.165, 1.54) is 6.07 Å². The molecular formula is C9H11F2NO3S. The Morgan fingerprint density at radius 1 is 1.44 bits per heavy atom. The van der Waals surface area contributed by atoms with E-state index in [9.17, 15) is 17.2 Å². The van der Waals surface area contributed by atoms with Crippen LogP contribution in [0.25, 0.3) is 0 Å². The lowest BCUT2D eigenvalue weighted by molar-refractivity contribution is -0.0486. The fraction of sp³-hybridized carbons (Fsp3) is 0.444. The van der Waals surface area contributed by atoms with E-state index < -0.39 is 28.3 Å². The van der Waals surface area contributed by atoms with Crippen molar-refractivity contribution >= 4 is 10.1 Å². The maximum Gasteiger partial charge on any atom is 0.313 e. The highest BCUT2D eigenvalue weighted by Gasteiger charge is 2.35. The second kappa shape index (κ2) is 4.42. The number of aryl methyl sites for hydroxylation is 1. The summed E-state index contributed by atoms with van der Waals surface area (Å²) in [6.07, 6.45) is 0.715. The van der Waals surface area contributed by atoms with Crippen LogP contribution >= 0.6 is 0 Å². The van der Waals surface area contributed by atoms with Gasteiger partial charge in [-0.3, -0.25) is 9.17 Å². The molecule has 0 saturated heterocycles. The van der Waals surface area contributed by atoms with E-state index in [1.54, 1.807) is 13.0 Å². The van der Waals surface area contributed by atoms with Gasteiger partial charge in [-0.15, -0.1) is 0 Å². The van der Waals surface area contributed by atoms with Gasteiger partial charge in [-0.25, -0.2) is 0 Å². The zero-order valence-corrected chi connectivity index (χ0v) is 9.59. The summed E-state index contributed by atoms with van der Waals surface area (Å²) in [5, 5.41) is 0. The standard InChI is InChI=1S/C9H11F2NO3S/c1-7-4-3-5-8(12-7)9(10,11)6-15-16(2,13)14/h3-5H,6H2,1-2H3. The number of pyridine rings is 1. The highest BCUT2D eigenvalue weighted by atomic mass is 32.2. The van der Waals surface area contributed by atoms with Gasteiger partial charge in [0.15, 0.2) is 0 Å². The summed E-state index contributed by atoms with van der Waals surface area (Å²) in [7, 11) is -3.88. The number of hydrogen-bond acceptors (Lipinski definition) is 4. The lowest BCUT2D eigenvalue weighted by atomic mass is 10.2. The molecule has 90 valence electrons. The van der Waals surface area contributed by atoms with Gasteiger partial charge in [-0.1, -0.05) is 6.07 Å².